The number of benzene rings is 1. The summed E-state index contributed by atoms with van der Waals surface area (Å²) >= 11 is 3.35. The molecule has 0 saturated carbocycles. The summed E-state index contributed by atoms with van der Waals surface area (Å²) in [7, 11) is 0. The van der Waals surface area contributed by atoms with Gasteiger partial charge in [-0.15, -0.1) is 12.4 Å². The predicted molar refractivity (Wildman–Crippen MR) is 55.6 cm³/mol. The Balaban J connectivity index is 0.000000720. The fraction of sp³-hybridized carbons (Fsp3) is 0. The van der Waals surface area contributed by atoms with Gasteiger partial charge in [0.25, 0.3) is 0 Å². The molecular weight excluding hydrogens is 241 g/mol. The molecule has 0 saturated heterocycles. The lowest BCUT2D eigenvalue weighted by Gasteiger charge is -1.94. The number of furan rings is 1. The van der Waals surface area contributed by atoms with E-state index in [9.17, 15) is 0 Å². The van der Waals surface area contributed by atoms with Crippen molar-refractivity contribution in [2.45, 2.75) is 0 Å². The molecule has 2 nitrogen and oxygen atoms in total. The molecule has 0 unspecified atom stereocenters. The highest BCUT2D eigenvalue weighted by Gasteiger charge is 2.01. The van der Waals surface area contributed by atoms with Crippen molar-refractivity contribution in [1.82, 2.24) is 0 Å². The third-order valence-electron chi connectivity index (χ3n) is 1.53. The minimum atomic E-state index is 0. The van der Waals surface area contributed by atoms with E-state index in [1.807, 2.05) is 18.2 Å². The zero-order valence-corrected chi connectivity index (χ0v) is 8.48. The van der Waals surface area contributed by atoms with Gasteiger partial charge in [0.15, 0.2) is 0 Å². The number of hydrogen-bond donors (Lipinski definition) is 1. The summed E-state index contributed by atoms with van der Waals surface area (Å²) in [6, 6.07) is 5.59. The van der Waals surface area contributed by atoms with Crippen LogP contribution in [0.4, 0.5) is 5.69 Å². The van der Waals surface area contributed by atoms with Crippen molar-refractivity contribution in [3.8, 4) is 0 Å². The zero-order chi connectivity index (χ0) is 7.84. The van der Waals surface area contributed by atoms with Crippen LogP contribution >= 0.6 is 28.3 Å². The maximum atomic E-state index is 5.61. The van der Waals surface area contributed by atoms with E-state index in [1.54, 1.807) is 6.26 Å². The standard InChI is InChI=1S/C8H6BrNO.ClH/c9-7-4-6(10)3-5-1-2-11-8(5)7;/h1-4H,10H2;1H. The smallest absolute Gasteiger partial charge is 0.148 e. The number of hydrogen-bond acceptors (Lipinski definition) is 2. The van der Waals surface area contributed by atoms with Gasteiger partial charge in [0.05, 0.1) is 10.7 Å². The molecule has 4 heteroatoms. The lowest BCUT2D eigenvalue weighted by Crippen LogP contribution is -1.82. The van der Waals surface area contributed by atoms with Crippen LogP contribution in [0.2, 0.25) is 0 Å². The van der Waals surface area contributed by atoms with E-state index in [2.05, 4.69) is 15.9 Å². The van der Waals surface area contributed by atoms with Crippen LogP contribution < -0.4 is 5.73 Å². The van der Waals surface area contributed by atoms with Crippen LogP contribution in [0.1, 0.15) is 0 Å². The number of nitrogen functional groups attached to an aromatic ring is 1. The van der Waals surface area contributed by atoms with Crippen molar-refractivity contribution < 1.29 is 4.42 Å². The van der Waals surface area contributed by atoms with Gasteiger partial charge in [-0.2, -0.15) is 0 Å². The van der Waals surface area contributed by atoms with Crippen LogP contribution in [0.15, 0.2) is 33.4 Å². The molecule has 2 aromatic rings. The van der Waals surface area contributed by atoms with E-state index in [-0.39, 0.29) is 12.4 Å². The van der Waals surface area contributed by atoms with Crippen LogP contribution in [-0.2, 0) is 0 Å². The topological polar surface area (TPSA) is 39.2 Å². The summed E-state index contributed by atoms with van der Waals surface area (Å²) in [4.78, 5) is 0. The van der Waals surface area contributed by atoms with Gasteiger partial charge >= 0.3 is 0 Å². The third kappa shape index (κ3) is 1.42. The Morgan fingerprint density at radius 3 is 2.83 bits per heavy atom. The van der Waals surface area contributed by atoms with Gasteiger partial charge in [-0.05, 0) is 34.1 Å². The van der Waals surface area contributed by atoms with Crippen LogP contribution in [0.25, 0.3) is 11.0 Å². The van der Waals surface area contributed by atoms with Crippen LogP contribution in [-0.4, -0.2) is 0 Å². The highest BCUT2D eigenvalue weighted by atomic mass is 79.9. The second kappa shape index (κ2) is 3.37. The Morgan fingerprint density at radius 1 is 1.33 bits per heavy atom. The summed E-state index contributed by atoms with van der Waals surface area (Å²) in [5.74, 6) is 0. The lowest BCUT2D eigenvalue weighted by molar-refractivity contribution is 0.614. The van der Waals surface area contributed by atoms with Gasteiger partial charge in [0.2, 0.25) is 0 Å². The molecule has 0 aliphatic rings. The van der Waals surface area contributed by atoms with Gasteiger partial charge in [0, 0.05) is 11.1 Å². The molecule has 0 atom stereocenters. The van der Waals surface area contributed by atoms with Gasteiger partial charge in [-0.3, -0.25) is 0 Å². The molecule has 1 aromatic heterocycles. The molecule has 0 radical (unpaired) electrons. The van der Waals surface area contributed by atoms with Gasteiger partial charge < -0.3 is 10.2 Å². The average Bonchev–Trinajstić information content (AvgIpc) is 2.34. The lowest BCUT2D eigenvalue weighted by atomic mass is 10.2. The predicted octanol–water partition coefficient (Wildman–Crippen LogP) is 3.20. The Hall–Kier alpha value is -0.670. The van der Waals surface area contributed by atoms with Crippen molar-refractivity contribution in [3.63, 3.8) is 0 Å². The van der Waals surface area contributed by atoms with Crippen LogP contribution in [0.3, 0.4) is 0 Å². The average molecular weight is 249 g/mol. The van der Waals surface area contributed by atoms with E-state index in [1.165, 1.54) is 0 Å². The highest BCUT2D eigenvalue weighted by molar-refractivity contribution is 9.10. The van der Waals surface area contributed by atoms with E-state index in [0.29, 0.717) is 0 Å². The molecule has 0 aliphatic carbocycles. The molecular formula is C8H7BrClNO. The minimum Gasteiger partial charge on any atom is -0.463 e. The maximum absolute atomic E-state index is 5.61. The first-order valence-electron chi connectivity index (χ1n) is 3.19. The molecule has 1 aromatic carbocycles. The summed E-state index contributed by atoms with van der Waals surface area (Å²) < 4.78 is 6.10. The molecule has 0 spiro atoms. The van der Waals surface area contributed by atoms with Crippen LogP contribution in [0.5, 0.6) is 0 Å². The Morgan fingerprint density at radius 2 is 2.08 bits per heavy atom. The number of rotatable bonds is 0. The van der Waals surface area contributed by atoms with E-state index >= 15 is 0 Å². The van der Waals surface area contributed by atoms with E-state index in [4.69, 9.17) is 10.2 Å². The monoisotopic (exact) mass is 247 g/mol. The van der Waals surface area contributed by atoms with Gasteiger partial charge in [-0.25, -0.2) is 0 Å². The summed E-state index contributed by atoms with van der Waals surface area (Å²) in [6.45, 7) is 0. The molecule has 0 bridgehead atoms. The summed E-state index contributed by atoms with van der Waals surface area (Å²) in [6.07, 6.45) is 1.65. The molecule has 2 rings (SSSR count). The molecule has 0 fully saturated rings. The fourth-order valence-corrected chi connectivity index (χ4v) is 1.65. The number of anilines is 1. The SMILES string of the molecule is Cl.Nc1cc(Br)c2occc2c1. The molecule has 1 heterocycles. The fourth-order valence-electron chi connectivity index (χ4n) is 1.06. The molecule has 2 N–H and O–H groups in total. The summed E-state index contributed by atoms with van der Waals surface area (Å²) in [5.41, 5.74) is 7.20. The first kappa shape index (κ1) is 9.42. The first-order chi connectivity index (χ1) is 5.27. The second-order valence-electron chi connectivity index (χ2n) is 2.34. The Bertz CT molecular complexity index is 399. The second-order valence-corrected chi connectivity index (χ2v) is 3.20. The van der Waals surface area contributed by atoms with Gasteiger partial charge in [-0.1, -0.05) is 0 Å². The summed E-state index contributed by atoms with van der Waals surface area (Å²) in [5, 5.41) is 1.02. The number of nitrogens with two attached hydrogens (primary N) is 1. The number of halogens is 2. The highest BCUT2D eigenvalue weighted by Crippen LogP contribution is 2.27. The third-order valence-corrected chi connectivity index (χ3v) is 2.12. The van der Waals surface area contributed by atoms with Crippen molar-refractivity contribution in [3.05, 3.63) is 28.9 Å². The van der Waals surface area contributed by atoms with Crippen molar-refractivity contribution >= 4 is 45.0 Å². The van der Waals surface area contributed by atoms with Crippen LogP contribution in [0, 0.1) is 0 Å². The molecule has 12 heavy (non-hydrogen) atoms. The van der Waals surface area contributed by atoms with Crippen molar-refractivity contribution in [2.24, 2.45) is 0 Å². The first-order valence-corrected chi connectivity index (χ1v) is 3.99. The number of fused-ring (bicyclic) bond motifs is 1. The normalized spacial score (nSPS) is 9.75. The zero-order valence-electron chi connectivity index (χ0n) is 6.08. The minimum absolute atomic E-state index is 0. The van der Waals surface area contributed by atoms with Gasteiger partial charge in [0.1, 0.15) is 5.58 Å². The molecule has 0 amide bonds. The molecule has 64 valence electrons. The van der Waals surface area contributed by atoms with Crippen molar-refractivity contribution in [2.75, 3.05) is 5.73 Å². The van der Waals surface area contributed by atoms with E-state index in [0.717, 1.165) is 21.1 Å². The Kier molecular flexibility index (Phi) is 2.65. The Labute approximate surface area is 84.3 Å². The maximum Gasteiger partial charge on any atom is 0.148 e. The molecule has 0 aliphatic heterocycles. The van der Waals surface area contributed by atoms with Crippen molar-refractivity contribution in [1.29, 1.82) is 0 Å². The quantitative estimate of drug-likeness (QED) is 0.727. The largest absolute Gasteiger partial charge is 0.463 e. The van der Waals surface area contributed by atoms with E-state index < -0.39 is 0 Å².